The maximum Gasteiger partial charge on any atom is 0.325 e. The molecule has 1 aromatic carbocycles. The summed E-state index contributed by atoms with van der Waals surface area (Å²) in [6.45, 7) is 8.07. The van der Waals surface area contributed by atoms with E-state index in [1.807, 2.05) is 25.3 Å². The van der Waals surface area contributed by atoms with Gasteiger partial charge in [0.15, 0.2) is 15.6 Å². The summed E-state index contributed by atoms with van der Waals surface area (Å²) in [7, 11) is -3.41. The van der Waals surface area contributed by atoms with E-state index in [4.69, 9.17) is 4.74 Å². The monoisotopic (exact) mass is 431 g/mol. The van der Waals surface area contributed by atoms with Crippen LogP contribution in [-0.2, 0) is 38.8 Å². The van der Waals surface area contributed by atoms with Crippen LogP contribution in [0.3, 0.4) is 0 Å². The lowest BCUT2D eigenvalue weighted by Crippen LogP contribution is -2.29. The van der Waals surface area contributed by atoms with Crippen molar-refractivity contribution in [2.75, 3.05) is 12.9 Å². The zero-order valence-corrected chi connectivity index (χ0v) is 19.1. The molecule has 0 bridgehead atoms. The van der Waals surface area contributed by atoms with Gasteiger partial charge in [-0.15, -0.1) is 0 Å². The number of rotatable bonds is 6. The van der Waals surface area contributed by atoms with Gasteiger partial charge < -0.3 is 9.30 Å². The van der Waals surface area contributed by atoms with E-state index in [2.05, 4.69) is 0 Å². The van der Waals surface area contributed by atoms with Crippen LogP contribution in [0.5, 0.6) is 0 Å². The molecule has 0 aliphatic heterocycles. The van der Waals surface area contributed by atoms with E-state index in [0.717, 1.165) is 17.0 Å². The highest BCUT2D eigenvalue weighted by molar-refractivity contribution is 7.90. The lowest BCUT2D eigenvalue weighted by Gasteiger charge is -2.30. The SMILES string of the molecule is CCOC(=O)Cn1c(C)c(Cc2ccccc2S(C)(=O)=O)c2c1CC(C)(C)CC2=O. The molecule has 0 unspecified atom stereocenters. The summed E-state index contributed by atoms with van der Waals surface area (Å²) in [5.74, 6) is -0.309. The van der Waals surface area contributed by atoms with Gasteiger partial charge in [-0.1, -0.05) is 32.0 Å². The number of carbonyl (C=O) groups is 2. The highest BCUT2D eigenvalue weighted by Gasteiger charge is 2.37. The first kappa shape index (κ1) is 22.3. The predicted octanol–water partition coefficient (Wildman–Crippen LogP) is 3.51. The number of carbonyl (C=O) groups excluding carboxylic acids is 2. The Hall–Kier alpha value is -2.41. The number of sulfone groups is 1. The summed E-state index contributed by atoms with van der Waals surface area (Å²) in [5, 5.41) is 0. The van der Waals surface area contributed by atoms with E-state index in [1.165, 1.54) is 6.26 Å². The Balaban J connectivity index is 2.16. The first-order valence-electron chi connectivity index (χ1n) is 10.1. The van der Waals surface area contributed by atoms with Crippen LogP contribution in [0.25, 0.3) is 0 Å². The summed E-state index contributed by atoms with van der Waals surface area (Å²) in [5.41, 5.74) is 3.53. The van der Waals surface area contributed by atoms with E-state index < -0.39 is 9.84 Å². The van der Waals surface area contributed by atoms with Gasteiger partial charge >= 0.3 is 5.97 Å². The van der Waals surface area contributed by atoms with Crippen LogP contribution in [0.1, 0.15) is 60.1 Å². The van der Waals surface area contributed by atoms with Crippen molar-refractivity contribution in [3.05, 3.63) is 52.3 Å². The molecule has 0 radical (unpaired) electrons. The fraction of sp³-hybridized carbons (Fsp3) is 0.478. The Kier molecular flexibility index (Phi) is 5.96. The fourth-order valence-electron chi connectivity index (χ4n) is 4.38. The third-order valence-electron chi connectivity index (χ3n) is 5.65. The third-order valence-corrected chi connectivity index (χ3v) is 6.85. The van der Waals surface area contributed by atoms with Crippen molar-refractivity contribution in [3.8, 4) is 0 Å². The topological polar surface area (TPSA) is 82.4 Å². The molecule has 162 valence electrons. The Morgan fingerprint density at radius 1 is 1.20 bits per heavy atom. The number of ether oxygens (including phenoxy) is 1. The molecular weight excluding hydrogens is 402 g/mol. The lowest BCUT2D eigenvalue weighted by molar-refractivity contribution is -0.143. The van der Waals surface area contributed by atoms with Crippen molar-refractivity contribution in [1.82, 2.24) is 4.57 Å². The van der Waals surface area contributed by atoms with Gasteiger partial charge in [-0.3, -0.25) is 9.59 Å². The third kappa shape index (κ3) is 4.36. The molecule has 0 saturated heterocycles. The normalized spacial score (nSPS) is 15.7. The Labute approximate surface area is 178 Å². The number of hydrogen-bond acceptors (Lipinski definition) is 5. The molecule has 1 aliphatic rings. The maximum absolute atomic E-state index is 13.1. The van der Waals surface area contributed by atoms with Gasteiger partial charge in [-0.05, 0) is 42.9 Å². The number of fused-ring (bicyclic) bond motifs is 1. The van der Waals surface area contributed by atoms with Crippen LogP contribution >= 0.6 is 0 Å². The Bertz CT molecular complexity index is 1110. The second-order valence-electron chi connectivity index (χ2n) is 8.77. The Morgan fingerprint density at radius 2 is 1.87 bits per heavy atom. The van der Waals surface area contributed by atoms with Crippen molar-refractivity contribution in [2.24, 2.45) is 5.41 Å². The molecule has 0 saturated carbocycles. The first-order chi connectivity index (χ1) is 13.9. The molecule has 1 heterocycles. The van der Waals surface area contributed by atoms with Gasteiger partial charge in [0, 0.05) is 36.0 Å². The average molecular weight is 432 g/mol. The van der Waals surface area contributed by atoms with Crippen LogP contribution in [0.4, 0.5) is 0 Å². The molecule has 0 amide bonds. The second kappa shape index (κ2) is 8.02. The van der Waals surface area contributed by atoms with E-state index in [9.17, 15) is 18.0 Å². The van der Waals surface area contributed by atoms with Crippen LogP contribution < -0.4 is 0 Å². The smallest absolute Gasteiger partial charge is 0.325 e. The number of nitrogens with zero attached hydrogens (tertiary/aromatic N) is 1. The highest BCUT2D eigenvalue weighted by atomic mass is 32.2. The van der Waals surface area contributed by atoms with Gasteiger partial charge in [-0.25, -0.2) is 8.42 Å². The molecule has 30 heavy (non-hydrogen) atoms. The number of Topliss-reactive ketones (excluding diaryl/α,β-unsaturated/α-hetero) is 1. The standard InChI is InChI=1S/C23H29NO5S/c1-6-29-21(26)14-24-15(2)17(22-18(24)12-23(3,4)13-19(22)25)11-16-9-7-8-10-20(16)30(5,27)28/h7-10H,6,11-14H2,1-5H3. The van der Waals surface area contributed by atoms with E-state index >= 15 is 0 Å². The largest absolute Gasteiger partial charge is 0.465 e. The lowest BCUT2D eigenvalue weighted by atomic mass is 9.75. The molecule has 1 aliphatic carbocycles. The molecule has 0 N–H and O–H groups in total. The number of hydrogen-bond donors (Lipinski definition) is 0. The first-order valence-corrected chi connectivity index (χ1v) is 12.0. The predicted molar refractivity (Wildman–Crippen MR) is 115 cm³/mol. The summed E-state index contributed by atoms with van der Waals surface area (Å²) < 4.78 is 31.5. The summed E-state index contributed by atoms with van der Waals surface area (Å²) in [6, 6.07) is 6.86. The van der Waals surface area contributed by atoms with Crippen LogP contribution in [0, 0.1) is 12.3 Å². The average Bonchev–Trinajstić information content (AvgIpc) is 2.86. The van der Waals surface area contributed by atoms with Crippen LogP contribution in [0.2, 0.25) is 0 Å². The van der Waals surface area contributed by atoms with Gasteiger partial charge in [0.25, 0.3) is 0 Å². The minimum atomic E-state index is -3.41. The molecule has 0 spiro atoms. The zero-order chi connectivity index (χ0) is 22.3. The van der Waals surface area contributed by atoms with E-state index in [1.54, 1.807) is 31.2 Å². The minimum Gasteiger partial charge on any atom is -0.465 e. The van der Waals surface area contributed by atoms with Gasteiger partial charge in [0.2, 0.25) is 0 Å². The van der Waals surface area contributed by atoms with E-state index in [0.29, 0.717) is 37.0 Å². The summed E-state index contributed by atoms with van der Waals surface area (Å²) >= 11 is 0. The van der Waals surface area contributed by atoms with Gasteiger partial charge in [-0.2, -0.15) is 0 Å². The molecule has 0 fully saturated rings. The molecule has 6 nitrogen and oxygen atoms in total. The molecule has 3 rings (SSSR count). The van der Waals surface area contributed by atoms with Crippen molar-refractivity contribution in [1.29, 1.82) is 0 Å². The second-order valence-corrected chi connectivity index (χ2v) is 10.8. The number of esters is 1. The molecule has 7 heteroatoms. The number of benzene rings is 1. The quantitative estimate of drug-likeness (QED) is 0.654. The Morgan fingerprint density at radius 3 is 2.50 bits per heavy atom. The van der Waals surface area contributed by atoms with E-state index in [-0.39, 0.29) is 28.6 Å². The zero-order valence-electron chi connectivity index (χ0n) is 18.2. The molecule has 2 aromatic rings. The summed E-state index contributed by atoms with van der Waals surface area (Å²) in [6.07, 6.45) is 2.60. The van der Waals surface area contributed by atoms with Crippen molar-refractivity contribution >= 4 is 21.6 Å². The molecule has 0 atom stereocenters. The van der Waals surface area contributed by atoms with Crippen molar-refractivity contribution in [3.63, 3.8) is 0 Å². The van der Waals surface area contributed by atoms with Gasteiger partial charge in [0.1, 0.15) is 6.54 Å². The van der Waals surface area contributed by atoms with Crippen molar-refractivity contribution in [2.45, 2.75) is 58.4 Å². The molecule has 1 aromatic heterocycles. The van der Waals surface area contributed by atoms with Gasteiger partial charge in [0.05, 0.1) is 11.5 Å². The number of aromatic nitrogens is 1. The summed E-state index contributed by atoms with van der Waals surface area (Å²) in [4.78, 5) is 25.6. The van der Waals surface area contributed by atoms with Crippen LogP contribution in [-0.4, -0.2) is 37.6 Å². The number of ketones is 1. The minimum absolute atomic E-state index is 0.0406. The highest BCUT2D eigenvalue weighted by Crippen LogP contribution is 2.39. The molecular formula is C23H29NO5S. The fourth-order valence-corrected chi connectivity index (χ4v) is 5.32. The van der Waals surface area contributed by atoms with Crippen molar-refractivity contribution < 1.29 is 22.7 Å². The van der Waals surface area contributed by atoms with Crippen LogP contribution in [0.15, 0.2) is 29.2 Å². The maximum atomic E-state index is 13.1.